The molecule has 0 amide bonds. The van der Waals surface area contributed by atoms with Crippen LogP contribution in [0.2, 0.25) is 0 Å². The number of ether oxygens (including phenoxy) is 2. The molecular formula is C12H19BrN2O2. The summed E-state index contributed by atoms with van der Waals surface area (Å²) in [6.45, 7) is 8.67. The first kappa shape index (κ1) is 14.4. The van der Waals surface area contributed by atoms with Crippen LogP contribution in [0.3, 0.4) is 0 Å². The van der Waals surface area contributed by atoms with Crippen LogP contribution in [0.1, 0.15) is 33.5 Å². The largest absolute Gasteiger partial charge is 0.472 e. The van der Waals surface area contributed by atoms with Gasteiger partial charge in [-0.05, 0) is 22.9 Å². The van der Waals surface area contributed by atoms with E-state index in [4.69, 9.17) is 9.47 Å². The van der Waals surface area contributed by atoms with Crippen molar-refractivity contribution in [3.63, 3.8) is 0 Å². The van der Waals surface area contributed by atoms with Crippen molar-refractivity contribution in [2.45, 2.75) is 39.2 Å². The van der Waals surface area contributed by atoms with Crippen LogP contribution in [0.25, 0.3) is 0 Å². The SMILES string of the molecule is COCC(C)Oc1cc(Br)nc(C(C)(C)C)n1. The van der Waals surface area contributed by atoms with Gasteiger partial charge >= 0.3 is 0 Å². The third kappa shape index (κ3) is 4.60. The minimum absolute atomic E-state index is 0.0328. The molecule has 1 heterocycles. The van der Waals surface area contributed by atoms with Crippen molar-refractivity contribution in [1.29, 1.82) is 0 Å². The van der Waals surface area contributed by atoms with Crippen molar-refractivity contribution in [2.24, 2.45) is 0 Å². The second-order valence-electron chi connectivity index (χ2n) is 4.99. The molecular weight excluding hydrogens is 284 g/mol. The highest BCUT2D eigenvalue weighted by molar-refractivity contribution is 9.10. The van der Waals surface area contributed by atoms with Gasteiger partial charge in [-0.2, -0.15) is 4.98 Å². The molecule has 5 heteroatoms. The third-order valence-electron chi connectivity index (χ3n) is 2.07. The highest BCUT2D eigenvalue weighted by Gasteiger charge is 2.19. The smallest absolute Gasteiger partial charge is 0.218 e. The summed E-state index contributed by atoms with van der Waals surface area (Å²) in [5.41, 5.74) is -0.105. The summed E-state index contributed by atoms with van der Waals surface area (Å²) in [4.78, 5) is 8.76. The van der Waals surface area contributed by atoms with E-state index in [1.54, 1.807) is 13.2 Å². The molecule has 17 heavy (non-hydrogen) atoms. The van der Waals surface area contributed by atoms with Crippen LogP contribution in [0.5, 0.6) is 5.88 Å². The van der Waals surface area contributed by atoms with Crippen LogP contribution in [0.15, 0.2) is 10.7 Å². The maximum atomic E-state index is 5.67. The predicted octanol–water partition coefficient (Wildman–Crippen LogP) is 2.95. The second kappa shape index (κ2) is 5.78. The molecule has 0 aliphatic carbocycles. The van der Waals surface area contributed by atoms with Gasteiger partial charge in [-0.1, -0.05) is 20.8 Å². The number of methoxy groups -OCH3 is 1. The number of nitrogens with zero attached hydrogens (tertiary/aromatic N) is 2. The highest BCUT2D eigenvalue weighted by atomic mass is 79.9. The Kier molecular flexibility index (Phi) is 4.89. The van der Waals surface area contributed by atoms with E-state index in [1.165, 1.54) is 0 Å². The van der Waals surface area contributed by atoms with Gasteiger partial charge in [0, 0.05) is 18.6 Å². The maximum Gasteiger partial charge on any atom is 0.218 e. The molecule has 96 valence electrons. The van der Waals surface area contributed by atoms with Crippen LogP contribution in [-0.2, 0) is 10.2 Å². The Morgan fingerprint density at radius 1 is 1.35 bits per heavy atom. The van der Waals surface area contributed by atoms with Gasteiger partial charge in [0.05, 0.1) is 6.61 Å². The molecule has 4 nitrogen and oxygen atoms in total. The van der Waals surface area contributed by atoms with E-state index in [1.807, 2.05) is 6.92 Å². The van der Waals surface area contributed by atoms with Crippen LogP contribution in [-0.4, -0.2) is 29.8 Å². The summed E-state index contributed by atoms with van der Waals surface area (Å²) in [7, 11) is 1.65. The zero-order chi connectivity index (χ0) is 13.1. The van der Waals surface area contributed by atoms with Gasteiger partial charge in [-0.25, -0.2) is 4.98 Å². The maximum absolute atomic E-state index is 5.67. The first-order chi connectivity index (χ1) is 7.82. The Morgan fingerprint density at radius 2 is 2.00 bits per heavy atom. The first-order valence-corrected chi connectivity index (χ1v) is 6.33. The van der Waals surface area contributed by atoms with E-state index < -0.39 is 0 Å². The van der Waals surface area contributed by atoms with E-state index >= 15 is 0 Å². The second-order valence-corrected chi connectivity index (χ2v) is 5.80. The number of aromatic nitrogens is 2. The van der Waals surface area contributed by atoms with Crippen LogP contribution >= 0.6 is 15.9 Å². The number of hydrogen-bond acceptors (Lipinski definition) is 4. The van der Waals surface area contributed by atoms with Crippen molar-refractivity contribution in [2.75, 3.05) is 13.7 Å². The molecule has 0 bridgehead atoms. The monoisotopic (exact) mass is 302 g/mol. The standard InChI is InChI=1S/C12H19BrN2O2/c1-8(7-16-5)17-10-6-9(13)14-11(15-10)12(2,3)4/h6,8H,7H2,1-5H3. The molecule has 1 aromatic rings. The van der Waals surface area contributed by atoms with Crippen LogP contribution in [0.4, 0.5) is 0 Å². The fraction of sp³-hybridized carbons (Fsp3) is 0.667. The van der Waals surface area contributed by atoms with Crippen molar-refractivity contribution >= 4 is 15.9 Å². The molecule has 0 aromatic carbocycles. The zero-order valence-corrected chi connectivity index (χ0v) is 12.5. The molecule has 0 aliphatic rings. The minimum atomic E-state index is -0.105. The lowest BCUT2D eigenvalue weighted by Crippen LogP contribution is -2.21. The lowest BCUT2D eigenvalue weighted by Gasteiger charge is -2.19. The normalized spacial score (nSPS) is 13.5. The van der Waals surface area contributed by atoms with E-state index in [0.29, 0.717) is 12.5 Å². The Hall–Kier alpha value is -0.680. The number of rotatable bonds is 4. The average molecular weight is 303 g/mol. The van der Waals surface area contributed by atoms with Crippen LogP contribution in [0, 0.1) is 0 Å². The summed E-state index contributed by atoms with van der Waals surface area (Å²) < 4.78 is 11.4. The summed E-state index contributed by atoms with van der Waals surface area (Å²) in [5, 5.41) is 0. The predicted molar refractivity (Wildman–Crippen MR) is 70.4 cm³/mol. The number of halogens is 1. The van der Waals surface area contributed by atoms with Crippen molar-refractivity contribution in [3.8, 4) is 5.88 Å². The minimum Gasteiger partial charge on any atom is -0.472 e. The number of hydrogen-bond donors (Lipinski definition) is 0. The lowest BCUT2D eigenvalue weighted by atomic mass is 9.96. The molecule has 0 saturated heterocycles. The van der Waals surface area contributed by atoms with E-state index in [2.05, 4.69) is 46.7 Å². The van der Waals surface area contributed by atoms with E-state index in [9.17, 15) is 0 Å². The Bertz CT molecular complexity index is 377. The summed E-state index contributed by atoms with van der Waals surface area (Å²) in [5.74, 6) is 1.33. The molecule has 0 N–H and O–H groups in total. The quantitative estimate of drug-likeness (QED) is 0.802. The van der Waals surface area contributed by atoms with Gasteiger partial charge in [0.1, 0.15) is 16.5 Å². The fourth-order valence-corrected chi connectivity index (χ4v) is 1.63. The summed E-state index contributed by atoms with van der Waals surface area (Å²) >= 11 is 3.37. The molecule has 1 atom stereocenters. The molecule has 1 aromatic heterocycles. The summed E-state index contributed by atoms with van der Waals surface area (Å²) in [6, 6.07) is 1.77. The molecule has 0 spiro atoms. The average Bonchev–Trinajstić information content (AvgIpc) is 2.15. The van der Waals surface area contributed by atoms with Gasteiger partial charge < -0.3 is 9.47 Å². The van der Waals surface area contributed by atoms with E-state index in [0.717, 1.165) is 10.4 Å². The van der Waals surface area contributed by atoms with Crippen molar-refractivity contribution < 1.29 is 9.47 Å². The third-order valence-corrected chi connectivity index (χ3v) is 2.47. The molecule has 0 aliphatic heterocycles. The van der Waals surface area contributed by atoms with Crippen molar-refractivity contribution in [3.05, 3.63) is 16.5 Å². The molecule has 0 radical (unpaired) electrons. The molecule has 1 rings (SSSR count). The van der Waals surface area contributed by atoms with Gasteiger partial charge in [0.2, 0.25) is 5.88 Å². The van der Waals surface area contributed by atoms with Crippen molar-refractivity contribution in [1.82, 2.24) is 9.97 Å². The molecule has 0 saturated carbocycles. The van der Waals surface area contributed by atoms with Gasteiger partial charge in [-0.15, -0.1) is 0 Å². The Balaban J connectivity index is 2.90. The highest BCUT2D eigenvalue weighted by Crippen LogP contribution is 2.23. The Labute approximate surface area is 111 Å². The first-order valence-electron chi connectivity index (χ1n) is 5.53. The van der Waals surface area contributed by atoms with Crippen LogP contribution < -0.4 is 4.74 Å². The Morgan fingerprint density at radius 3 is 2.53 bits per heavy atom. The zero-order valence-electron chi connectivity index (χ0n) is 11.0. The summed E-state index contributed by atoms with van der Waals surface area (Å²) in [6.07, 6.45) is -0.0328. The van der Waals surface area contributed by atoms with Gasteiger partial charge in [0.25, 0.3) is 0 Å². The lowest BCUT2D eigenvalue weighted by molar-refractivity contribution is 0.0884. The topological polar surface area (TPSA) is 44.2 Å². The fourth-order valence-electron chi connectivity index (χ4n) is 1.27. The van der Waals surface area contributed by atoms with Gasteiger partial charge in [0.15, 0.2) is 0 Å². The molecule has 1 unspecified atom stereocenters. The van der Waals surface area contributed by atoms with E-state index in [-0.39, 0.29) is 11.5 Å². The van der Waals surface area contributed by atoms with Gasteiger partial charge in [-0.3, -0.25) is 0 Å². The molecule has 0 fully saturated rings.